The van der Waals surface area contributed by atoms with Crippen molar-refractivity contribution in [3.05, 3.63) is 29.8 Å². The lowest BCUT2D eigenvalue weighted by Crippen LogP contribution is -2.55. The van der Waals surface area contributed by atoms with Crippen LogP contribution in [0.25, 0.3) is 0 Å². The van der Waals surface area contributed by atoms with Gasteiger partial charge in [0.15, 0.2) is 0 Å². The second-order valence-electron chi connectivity index (χ2n) is 14.7. The summed E-state index contributed by atoms with van der Waals surface area (Å²) in [6.45, 7) is 12.4. The minimum Gasteiger partial charge on any atom is -0.444 e. The first-order valence-electron chi connectivity index (χ1n) is 15.1. The molecule has 0 spiro atoms. The molecule has 0 N–H and O–H groups in total. The van der Waals surface area contributed by atoms with E-state index in [-0.39, 0.29) is 47.2 Å². The molecule has 1 aliphatic heterocycles. The fourth-order valence-electron chi connectivity index (χ4n) is 6.33. The zero-order chi connectivity index (χ0) is 32.1. The number of amides is 2. The molecule has 43 heavy (non-hydrogen) atoms. The van der Waals surface area contributed by atoms with E-state index in [2.05, 4.69) is 0 Å². The van der Waals surface area contributed by atoms with Gasteiger partial charge in [0.2, 0.25) is 15.9 Å². The highest BCUT2D eigenvalue weighted by Gasteiger charge is 2.51. The Morgan fingerprint density at radius 1 is 0.977 bits per heavy atom. The molecule has 2 aliphatic carbocycles. The molecule has 1 aromatic rings. The number of hydrogen-bond donors (Lipinski definition) is 0. The quantitative estimate of drug-likeness (QED) is 0.351. The Labute approximate surface area is 254 Å². The van der Waals surface area contributed by atoms with E-state index >= 15 is 0 Å². The van der Waals surface area contributed by atoms with Gasteiger partial charge in [-0.1, -0.05) is 20.8 Å². The first-order chi connectivity index (χ1) is 19.7. The Balaban J connectivity index is 1.57. The fourth-order valence-corrected chi connectivity index (χ4v) is 7.87. The predicted octanol–water partition coefficient (Wildman–Crippen LogP) is 6.01. The summed E-state index contributed by atoms with van der Waals surface area (Å²) in [5.41, 5.74) is -1.89. The topological polar surface area (TPSA) is 87.2 Å². The van der Waals surface area contributed by atoms with Crippen LogP contribution >= 0.6 is 0 Å². The Hall–Kier alpha value is -2.34. The third kappa shape index (κ3) is 8.04. The molecular weight excluding hydrogens is 583 g/mol. The summed E-state index contributed by atoms with van der Waals surface area (Å²) < 4.78 is 73.1. The summed E-state index contributed by atoms with van der Waals surface area (Å²) in [6, 6.07) is 2.66. The van der Waals surface area contributed by atoms with Gasteiger partial charge in [-0.15, -0.1) is 0 Å². The molecule has 4 rings (SSSR count). The summed E-state index contributed by atoms with van der Waals surface area (Å²) >= 11 is 0. The number of rotatable bonds is 8. The second kappa shape index (κ2) is 11.9. The maximum absolute atomic E-state index is 14.4. The van der Waals surface area contributed by atoms with Gasteiger partial charge in [-0.2, -0.15) is 17.5 Å². The highest BCUT2D eigenvalue weighted by atomic mass is 32.2. The van der Waals surface area contributed by atoms with Crippen molar-refractivity contribution in [3.63, 3.8) is 0 Å². The lowest BCUT2D eigenvalue weighted by atomic mass is 9.86. The van der Waals surface area contributed by atoms with Gasteiger partial charge in [-0.3, -0.25) is 9.69 Å². The standard InChI is InChI=1S/C31H46F3N3O5S/c1-29(2,3)16-26(35(7)28(39)42-30(4,5)6)27(38)37(17-20-8-9-20)25-15-10-21-18-36(19-24(21)25)43(40,41)23-13-11-22(12-14-23)31(32,33)34/h11-14,20-21,24-26H,8-10,15-19H2,1-7H3/t21-,24+,25+,26+/m1/s1. The zero-order valence-electron chi connectivity index (χ0n) is 26.3. The van der Waals surface area contributed by atoms with Gasteiger partial charge < -0.3 is 9.64 Å². The largest absolute Gasteiger partial charge is 0.444 e. The number of sulfonamides is 1. The monoisotopic (exact) mass is 629 g/mol. The number of alkyl halides is 3. The van der Waals surface area contributed by atoms with Crippen molar-refractivity contribution in [2.45, 2.75) is 102 Å². The van der Waals surface area contributed by atoms with Crippen LogP contribution < -0.4 is 0 Å². The van der Waals surface area contributed by atoms with Crippen molar-refractivity contribution in [2.24, 2.45) is 23.2 Å². The van der Waals surface area contributed by atoms with E-state index in [9.17, 15) is 31.2 Å². The smallest absolute Gasteiger partial charge is 0.416 e. The van der Waals surface area contributed by atoms with Gasteiger partial charge >= 0.3 is 12.3 Å². The van der Waals surface area contributed by atoms with Crippen LogP contribution in [0.15, 0.2) is 29.2 Å². The third-order valence-electron chi connectivity index (χ3n) is 8.68. The molecule has 1 aromatic carbocycles. The number of carbonyl (C=O) groups is 2. The number of fused-ring (bicyclic) bond motifs is 1. The summed E-state index contributed by atoms with van der Waals surface area (Å²) in [5, 5.41) is 0. The molecule has 3 aliphatic rings. The van der Waals surface area contributed by atoms with Crippen LogP contribution in [0.5, 0.6) is 0 Å². The summed E-state index contributed by atoms with van der Waals surface area (Å²) in [5.74, 6) is 0.158. The van der Waals surface area contributed by atoms with Crippen LogP contribution in [0.1, 0.15) is 79.2 Å². The van der Waals surface area contributed by atoms with E-state index < -0.39 is 39.5 Å². The summed E-state index contributed by atoms with van der Waals surface area (Å²) in [7, 11) is -2.41. The molecule has 1 saturated heterocycles. The fraction of sp³-hybridized carbons (Fsp3) is 0.742. The first-order valence-corrected chi connectivity index (χ1v) is 16.5. The van der Waals surface area contributed by atoms with Crippen LogP contribution in [0.4, 0.5) is 18.0 Å². The lowest BCUT2D eigenvalue weighted by Gasteiger charge is -2.40. The lowest BCUT2D eigenvalue weighted by molar-refractivity contribution is -0.141. The van der Waals surface area contributed by atoms with Crippen molar-refractivity contribution in [1.82, 2.24) is 14.1 Å². The first kappa shape index (κ1) is 33.6. The zero-order valence-corrected chi connectivity index (χ0v) is 27.1. The normalized spacial score (nSPS) is 24.0. The highest BCUT2D eigenvalue weighted by Crippen LogP contribution is 2.44. The molecule has 0 aromatic heterocycles. The number of nitrogens with zero attached hydrogens (tertiary/aromatic N) is 3. The molecule has 12 heteroatoms. The molecule has 242 valence electrons. The average Bonchev–Trinajstić information content (AvgIpc) is 3.45. The van der Waals surface area contributed by atoms with Gasteiger partial charge in [0.1, 0.15) is 11.6 Å². The van der Waals surface area contributed by atoms with Gasteiger partial charge in [0.05, 0.1) is 10.5 Å². The number of carbonyl (C=O) groups excluding carboxylic acids is 2. The van der Waals surface area contributed by atoms with E-state index in [1.165, 1.54) is 9.21 Å². The Kier molecular flexibility index (Phi) is 9.26. The van der Waals surface area contributed by atoms with E-state index in [0.717, 1.165) is 49.9 Å². The molecule has 2 saturated carbocycles. The second-order valence-corrected chi connectivity index (χ2v) is 16.7. The summed E-state index contributed by atoms with van der Waals surface area (Å²) in [4.78, 5) is 30.7. The highest BCUT2D eigenvalue weighted by molar-refractivity contribution is 7.89. The van der Waals surface area contributed by atoms with E-state index in [1.54, 1.807) is 27.8 Å². The van der Waals surface area contributed by atoms with Crippen molar-refractivity contribution in [3.8, 4) is 0 Å². The van der Waals surface area contributed by atoms with Gasteiger partial charge in [0, 0.05) is 32.7 Å². The van der Waals surface area contributed by atoms with Crippen molar-refractivity contribution >= 4 is 22.0 Å². The van der Waals surface area contributed by atoms with Crippen LogP contribution in [-0.4, -0.2) is 78.9 Å². The minimum atomic E-state index is -4.56. The maximum atomic E-state index is 14.4. The van der Waals surface area contributed by atoms with Crippen LogP contribution in [0.2, 0.25) is 0 Å². The van der Waals surface area contributed by atoms with Crippen LogP contribution in [0, 0.1) is 23.2 Å². The number of hydrogen-bond acceptors (Lipinski definition) is 5. The van der Waals surface area contributed by atoms with Crippen molar-refractivity contribution in [2.75, 3.05) is 26.7 Å². The minimum absolute atomic E-state index is 0.0355. The van der Waals surface area contributed by atoms with Crippen molar-refractivity contribution < 1.29 is 35.9 Å². The molecule has 0 radical (unpaired) electrons. The molecule has 8 nitrogen and oxygen atoms in total. The Bertz CT molecular complexity index is 1280. The van der Waals surface area contributed by atoms with E-state index in [0.29, 0.717) is 18.9 Å². The molecule has 0 unspecified atom stereocenters. The van der Waals surface area contributed by atoms with Gasteiger partial charge in [-0.05, 0) is 100 Å². The predicted molar refractivity (Wildman–Crippen MR) is 156 cm³/mol. The van der Waals surface area contributed by atoms with Crippen LogP contribution in [0.3, 0.4) is 0 Å². The maximum Gasteiger partial charge on any atom is 0.416 e. The Morgan fingerprint density at radius 3 is 2.09 bits per heavy atom. The average molecular weight is 630 g/mol. The third-order valence-corrected chi connectivity index (χ3v) is 10.5. The number of benzene rings is 1. The summed E-state index contributed by atoms with van der Waals surface area (Å²) in [6.07, 6.45) is -1.18. The molecule has 0 bridgehead atoms. The molecule has 2 amide bonds. The van der Waals surface area contributed by atoms with Gasteiger partial charge in [-0.25, -0.2) is 13.2 Å². The molecule has 1 heterocycles. The molecule has 4 atom stereocenters. The Morgan fingerprint density at radius 2 is 1.58 bits per heavy atom. The van der Waals surface area contributed by atoms with E-state index in [4.69, 9.17) is 4.74 Å². The SMILES string of the molecule is CN(C(=O)OC(C)(C)C)[C@@H](CC(C)(C)C)C(=O)N(CC1CC1)[C@H]1CC[C@@H]2CN(S(=O)(=O)c3ccc(C(F)(F)F)cc3)C[C@@H]21. The molecule has 3 fully saturated rings. The number of likely N-dealkylation sites (N-methyl/N-ethyl adjacent to an activating group) is 1. The molecular formula is C31H46F3N3O5S. The van der Waals surface area contributed by atoms with Gasteiger partial charge in [0.25, 0.3) is 0 Å². The van der Waals surface area contributed by atoms with Crippen LogP contribution in [-0.2, 0) is 25.7 Å². The number of halogens is 3. The van der Waals surface area contributed by atoms with E-state index in [1.807, 2.05) is 25.7 Å². The number of ether oxygens (including phenoxy) is 1. The van der Waals surface area contributed by atoms with Crippen molar-refractivity contribution in [1.29, 1.82) is 0 Å².